The summed E-state index contributed by atoms with van der Waals surface area (Å²) < 4.78 is 17.3. The van der Waals surface area contributed by atoms with Crippen LogP contribution in [0.5, 0.6) is 0 Å². The Hall–Kier alpha value is -1.05. The molecule has 21 heavy (non-hydrogen) atoms. The second kappa shape index (κ2) is 5.98. The van der Waals surface area contributed by atoms with Crippen LogP contribution < -0.4 is 5.32 Å². The zero-order chi connectivity index (χ0) is 13.5. The molecule has 7 heteroatoms. The second-order valence-corrected chi connectivity index (χ2v) is 5.83. The number of allylic oxidation sites excluding steroid dienone is 3. The second-order valence-electron chi connectivity index (χ2n) is 4.88. The van der Waals surface area contributed by atoms with E-state index in [9.17, 15) is 0 Å². The van der Waals surface area contributed by atoms with Gasteiger partial charge < -0.3 is 14.0 Å². The van der Waals surface area contributed by atoms with Gasteiger partial charge in [0.05, 0.1) is 12.9 Å². The van der Waals surface area contributed by atoms with Crippen molar-refractivity contribution in [2.45, 2.75) is 6.23 Å². The van der Waals surface area contributed by atoms with Gasteiger partial charge in [-0.25, -0.2) is 0 Å². The van der Waals surface area contributed by atoms with Crippen LogP contribution in [0.1, 0.15) is 4.88 Å². The first kappa shape index (κ1) is 14.9. The number of thiophene rings is 1. The third kappa shape index (κ3) is 2.37. The first-order chi connectivity index (χ1) is 9.88. The van der Waals surface area contributed by atoms with E-state index in [0.29, 0.717) is 13.2 Å². The van der Waals surface area contributed by atoms with Crippen molar-refractivity contribution in [2.24, 2.45) is 0 Å². The van der Waals surface area contributed by atoms with Gasteiger partial charge in [-0.2, -0.15) is 0 Å². The minimum atomic E-state index is -0.285. The molecule has 110 valence electrons. The third-order valence-electron chi connectivity index (χ3n) is 3.77. The maximum absolute atomic E-state index is 6.06. The lowest BCUT2D eigenvalue weighted by Gasteiger charge is -2.30. The predicted molar refractivity (Wildman–Crippen MR) is 86.2 cm³/mol. The molecule has 0 unspecified atom stereocenters. The number of rotatable bonds is 2. The molecule has 0 fully saturated rings. The van der Waals surface area contributed by atoms with Crippen LogP contribution in [0.15, 0.2) is 46.5 Å². The summed E-state index contributed by atoms with van der Waals surface area (Å²) in [7, 11) is 1.62. The smallest absolute Gasteiger partial charge is 0.496 e. The lowest BCUT2D eigenvalue weighted by Crippen LogP contribution is -2.41. The van der Waals surface area contributed by atoms with Crippen molar-refractivity contribution < 1.29 is 14.0 Å². The van der Waals surface area contributed by atoms with E-state index in [1.54, 1.807) is 17.6 Å². The van der Waals surface area contributed by atoms with Crippen molar-refractivity contribution >= 4 is 36.4 Å². The standard InChI is InChI=1S/C14H14BNO3S.ClH/c1-16-14-12(11-3-2-6-20-11)10-4-5-17-7-9-8-18-15(19-14)13(9)10;/h2-6,14,16H,7-8H2,1H3;1H/t14-;/m0./s1. The largest absolute Gasteiger partial charge is 0.497 e. The van der Waals surface area contributed by atoms with Crippen LogP contribution in [0.2, 0.25) is 0 Å². The molecule has 3 aliphatic heterocycles. The van der Waals surface area contributed by atoms with Crippen LogP contribution in [0.25, 0.3) is 5.57 Å². The Morgan fingerprint density at radius 2 is 2.29 bits per heavy atom. The van der Waals surface area contributed by atoms with Gasteiger partial charge >= 0.3 is 7.12 Å². The fourth-order valence-electron chi connectivity index (χ4n) is 2.88. The molecule has 0 amide bonds. The summed E-state index contributed by atoms with van der Waals surface area (Å²) >= 11 is 1.72. The van der Waals surface area contributed by atoms with Gasteiger partial charge in [0.25, 0.3) is 0 Å². The van der Waals surface area contributed by atoms with Crippen molar-refractivity contribution in [2.75, 3.05) is 20.3 Å². The number of hydrogen-bond acceptors (Lipinski definition) is 5. The highest BCUT2D eigenvalue weighted by atomic mass is 35.5. The summed E-state index contributed by atoms with van der Waals surface area (Å²) in [4.78, 5) is 1.21. The van der Waals surface area contributed by atoms with Crippen LogP contribution in [-0.2, 0) is 14.0 Å². The Balaban J connectivity index is 0.00000132. The molecule has 1 atom stereocenters. The molecule has 1 N–H and O–H groups in total. The van der Waals surface area contributed by atoms with E-state index in [4.69, 9.17) is 14.0 Å². The molecule has 0 radical (unpaired) electrons. The maximum atomic E-state index is 6.06. The average molecular weight is 324 g/mol. The molecule has 4 heterocycles. The van der Waals surface area contributed by atoms with Crippen molar-refractivity contribution in [1.82, 2.24) is 5.32 Å². The molecule has 0 saturated carbocycles. The Labute approximate surface area is 134 Å². The van der Waals surface area contributed by atoms with Crippen molar-refractivity contribution in [1.29, 1.82) is 0 Å². The molecule has 0 spiro atoms. The molecular weight excluding hydrogens is 308 g/mol. The quantitative estimate of drug-likeness (QED) is 0.849. The fourth-order valence-corrected chi connectivity index (χ4v) is 3.68. The van der Waals surface area contributed by atoms with Crippen LogP contribution in [0, 0.1) is 0 Å². The maximum Gasteiger partial charge on any atom is 0.496 e. The normalized spacial score (nSPS) is 23.7. The first-order valence-electron chi connectivity index (χ1n) is 6.61. The molecule has 0 aliphatic carbocycles. The van der Waals surface area contributed by atoms with Crippen LogP contribution in [-0.4, -0.2) is 33.6 Å². The minimum absolute atomic E-state index is 0. The molecule has 0 aromatic carbocycles. The highest BCUT2D eigenvalue weighted by Crippen LogP contribution is 2.41. The van der Waals surface area contributed by atoms with Crippen LogP contribution >= 0.6 is 23.7 Å². The lowest BCUT2D eigenvalue weighted by molar-refractivity contribution is 0.168. The van der Waals surface area contributed by atoms with Crippen molar-refractivity contribution in [3.05, 3.63) is 51.3 Å². The van der Waals surface area contributed by atoms with Crippen LogP contribution in [0.4, 0.5) is 0 Å². The number of nitrogens with one attached hydrogen (secondary N) is 1. The topological polar surface area (TPSA) is 39.7 Å². The van der Waals surface area contributed by atoms with Gasteiger partial charge in [-0.3, -0.25) is 5.32 Å². The van der Waals surface area contributed by atoms with Crippen molar-refractivity contribution in [3.63, 3.8) is 0 Å². The molecule has 3 aliphatic rings. The Kier molecular flexibility index (Phi) is 4.24. The van der Waals surface area contributed by atoms with Gasteiger partial charge in [0.15, 0.2) is 0 Å². The summed E-state index contributed by atoms with van der Waals surface area (Å²) in [5.41, 5.74) is 4.67. The highest BCUT2D eigenvalue weighted by molar-refractivity contribution is 7.11. The summed E-state index contributed by atoms with van der Waals surface area (Å²) in [6.07, 6.45) is 3.64. The summed E-state index contributed by atoms with van der Waals surface area (Å²) in [5, 5.41) is 5.31. The molecule has 0 saturated heterocycles. The molecule has 4 nitrogen and oxygen atoms in total. The first-order valence-corrected chi connectivity index (χ1v) is 7.49. The van der Waals surface area contributed by atoms with Gasteiger partial charge in [-0.05, 0) is 41.2 Å². The van der Waals surface area contributed by atoms with Gasteiger partial charge in [-0.1, -0.05) is 6.07 Å². The van der Waals surface area contributed by atoms with Gasteiger partial charge in [0, 0.05) is 10.5 Å². The van der Waals surface area contributed by atoms with E-state index in [-0.39, 0.29) is 25.8 Å². The van der Waals surface area contributed by atoms with Gasteiger partial charge in [-0.15, -0.1) is 23.7 Å². The Morgan fingerprint density at radius 3 is 3.05 bits per heavy atom. The van der Waals surface area contributed by atoms with Crippen LogP contribution in [0.3, 0.4) is 0 Å². The summed E-state index contributed by atoms with van der Waals surface area (Å²) in [5.74, 6) is 0. The highest BCUT2D eigenvalue weighted by Gasteiger charge is 2.43. The van der Waals surface area contributed by atoms with Gasteiger partial charge in [0.1, 0.15) is 12.8 Å². The summed E-state index contributed by atoms with van der Waals surface area (Å²) in [6.45, 7) is 1.16. The van der Waals surface area contributed by atoms with E-state index < -0.39 is 0 Å². The number of halogens is 1. The van der Waals surface area contributed by atoms with Crippen molar-refractivity contribution in [3.8, 4) is 0 Å². The molecule has 4 rings (SSSR count). The SMILES string of the molecule is CN[C@H]1OB2OCC3=C2C(=C1c1cccs1)C=COC3.Cl. The lowest BCUT2D eigenvalue weighted by atomic mass is 9.69. The zero-order valence-corrected chi connectivity index (χ0v) is 13.1. The minimum Gasteiger partial charge on any atom is -0.497 e. The van der Waals surface area contributed by atoms with E-state index in [1.807, 2.05) is 13.1 Å². The summed E-state index contributed by atoms with van der Waals surface area (Å²) in [6, 6.07) is 4.18. The van der Waals surface area contributed by atoms with E-state index >= 15 is 0 Å². The van der Waals surface area contributed by atoms with E-state index in [0.717, 1.165) is 5.47 Å². The average Bonchev–Trinajstić information content (AvgIpc) is 3.07. The molecule has 1 aromatic rings. The Morgan fingerprint density at radius 1 is 1.38 bits per heavy atom. The number of likely N-dealkylation sites (N-methyl/N-ethyl adjacent to an activating group) is 1. The van der Waals surface area contributed by atoms with Gasteiger partial charge in [0.2, 0.25) is 0 Å². The molecule has 0 bridgehead atoms. The fraction of sp³-hybridized carbons (Fsp3) is 0.286. The monoisotopic (exact) mass is 323 g/mol. The third-order valence-corrected chi connectivity index (χ3v) is 4.67. The predicted octanol–water partition coefficient (Wildman–Crippen LogP) is 2.40. The zero-order valence-electron chi connectivity index (χ0n) is 11.5. The molecular formula is C14H15BClNO3S. The van der Waals surface area contributed by atoms with E-state index in [2.05, 4.69) is 22.8 Å². The molecule has 1 aromatic heterocycles. The number of ether oxygens (including phenoxy) is 1. The van der Waals surface area contributed by atoms with E-state index in [1.165, 1.54) is 21.6 Å². The Bertz CT molecular complexity index is 626. The number of hydrogen-bond donors (Lipinski definition) is 1.